The SMILES string of the molecule is Cc1ccccc1Nc1ccnc(C(N)=S)c1. The topological polar surface area (TPSA) is 50.9 Å². The number of hydrogen-bond donors (Lipinski definition) is 2. The summed E-state index contributed by atoms with van der Waals surface area (Å²) in [7, 11) is 0. The van der Waals surface area contributed by atoms with Gasteiger partial charge in [-0.2, -0.15) is 0 Å². The van der Waals surface area contributed by atoms with Crippen molar-refractivity contribution in [3.05, 3.63) is 53.9 Å². The molecule has 2 rings (SSSR count). The summed E-state index contributed by atoms with van der Waals surface area (Å²) in [4.78, 5) is 4.40. The summed E-state index contributed by atoms with van der Waals surface area (Å²) in [6.07, 6.45) is 1.69. The average molecular weight is 243 g/mol. The van der Waals surface area contributed by atoms with Crippen LogP contribution in [-0.2, 0) is 0 Å². The first-order chi connectivity index (χ1) is 8.16. The lowest BCUT2D eigenvalue weighted by atomic mass is 10.2. The van der Waals surface area contributed by atoms with Crippen LogP contribution in [0.5, 0.6) is 0 Å². The number of benzene rings is 1. The molecular weight excluding hydrogens is 230 g/mol. The minimum Gasteiger partial charge on any atom is -0.388 e. The normalized spacial score (nSPS) is 9.94. The molecule has 4 heteroatoms. The van der Waals surface area contributed by atoms with Gasteiger partial charge in [-0.1, -0.05) is 30.4 Å². The number of para-hydroxylation sites is 1. The lowest BCUT2D eigenvalue weighted by Gasteiger charge is -2.09. The molecule has 0 bridgehead atoms. The standard InChI is InChI=1S/C13H13N3S/c1-9-4-2-3-5-11(9)16-10-6-7-15-12(8-10)13(14)17/h2-8H,1H3,(H2,14,17)(H,15,16). The first kappa shape index (κ1) is 11.5. The van der Waals surface area contributed by atoms with Crippen molar-refractivity contribution in [1.82, 2.24) is 4.98 Å². The minimum absolute atomic E-state index is 0.304. The van der Waals surface area contributed by atoms with Gasteiger partial charge in [-0.25, -0.2) is 0 Å². The molecule has 0 aliphatic heterocycles. The summed E-state index contributed by atoms with van der Waals surface area (Å²) in [5.74, 6) is 0. The number of nitrogens with two attached hydrogens (primary N) is 1. The number of nitrogens with one attached hydrogen (secondary N) is 1. The summed E-state index contributed by atoms with van der Waals surface area (Å²) in [5, 5.41) is 3.31. The molecule has 0 aliphatic carbocycles. The van der Waals surface area contributed by atoms with Crippen LogP contribution in [0.4, 0.5) is 11.4 Å². The summed E-state index contributed by atoms with van der Waals surface area (Å²) in [5.41, 5.74) is 9.34. The Morgan fingerprint density at radius 2 is 2.06 bits per heavy atom. The number of aryl methyl sites for hydroxylation is 1. The van der Waals surface area contributed by atoms with E-state index in [1.165, 1.54) is 5.56 Å². The van der Waals surface area contributed by atoms with Crippen molar-refractivity contribution in [3.63, 3.8) is 0 Å². The van der Waals surface area contributed by atoms with Crippen molar-refractivity contribution in [2.75, 3.05) is 5.32 Å². The molecule has 0 spiro atoms. The zero-order chi connectivity index (χ0) is 12.3. The van der Waals surface area contributed by atoms with Gasteiger partial charge in [-0.3, -0.25) is 4.98 Å². The smallest absolute Gasteiger partial charge is 0.122 e. The molecule has 0 fully saturated rings. The Labute approximate surface area is 106 Å². The zero-order valence-corrected chi connectivity index (χ0v) is 10.3. The maximum absolute atomic E-state index is 5.55. The van der Waals surface area contributed by atoms with Crippen LogP contribution in [0.2, 0.25) is 0 Å². The van der Waals surface area contributed by atoms with Gasteiger partial charge in [0.2, 0.25) is 0 Å². The maximum Gasteiger partial charge on any atom is 0.122 e. The lowest BCUT2D eigenvalue weighted by molar-refractivity contribution is 1.29. The van der Waals surface area contributed by atoms with Crippen LogP contribution in [0, 0.1) is 6.92 Å². The van der Waals surface area contributed by atoms with Gasteiger partial charge >= 0.3 is 0 Å². The van der Waals surface area contributed by atoms with Crippen molar-refractivity contribution in [2.24, 2.45) is 5.73 Å². The fourth-order valence-corrected chi connectivity index (χ4v) is 1.62. The molecule has 0 saturated carbocycles. The minimum atomic E-state index is 0.304. The molecule has 0 atom stereocenters. The Hall–Kier alpha value is -1.94. The molecule has 3 nitrogen and oxygen atoms in total. The highest BCUT2D eigenvalue weighted by atomic mass is 32.1. The average Bonchev–Trinajstić information content (AvgIpc) is 2.32. The highest BCUT2D eigenvalue weighted by Gasteiger charge is 2.01. The van der Waals surface area contributed by atoms with E-state index in [9.17, 15) is 0 Å². The number of aromatic nitrogens is 1. The van der Waals surface area contributed by atoms with Crippen molar-refractivity contribution >= 4 is 28.6 Å². The van der Waals surface area contributed by atoms with Gasteiger partial charge in [0.15, 0.2) is 0 Å². The summed E-state index contributed by atoms with van der Waals surface area (Å²) >= 11 is 4.90. The number of rotatable bonds is 3. The van der Waals surface area contributed by atoms with Crippen molar-refractivity contribution in [2.45, 2.75) is 6.92 Å². The molecule has 1 aromatic carbocycles. The Balaban J connectivity index is 2.28. The molecule has 86 valence electrons. The fraction of sp³-hybridized carbons (Fsp3) is 0.0769. The van der Waals surface area contributed by atoms with Gasteiger partial charge in [-0.05, 0) is 30.7 Å². The Morgan fingerprint density at radius 3 is 2.76 bits per heavy atom. The third-order valence-electron chi connectivity index (χ3n) is 2.44. The van der Waals surface area contributed by atoms with Gasteiger partial charge in [0.25, 0.3) is 0 Å². The van der Waals surface area contributed by atoms with Crippen molar-refractivity contribution in [3.8, 4) is 0 Å². The van der Waals surface area contributed by atoms with Crippen molar-refractivity contribution < 1.29 is 0 Å². The van der Waals surface area contributed by atoms with E-state index >= 15 is 0 Å². The van der Waals surface area contributed by atoms with Gasteiger partial charge in [0, 0.05) is 17.6 Å². The van der Waals surface area contributed by atoms with Crippen LogP contribution in [0.3, 0.4) is 0 Å². The molecule has 2 aromatic rings. The molecule has 17 heavy (non-hydrogen) atoms. The maximum atomic E-state index is 5.55. The number of pyridine rings is 1. The quantitative estimate of drug-likeness (QED) is 0.814. The monoisotopic (exact) mass is 243 g/mol. The molecule has 0 saturated heterocycles. The van der Waals surface area contributed by atoms with Crippen molar-refractivity contribution in [1.29, 1.82) is 0 Å². The van der Waals surface area contributed by atoms with Crippen LogP contribution < -0.4 is 11.1 Å². The predicted octanol–water partition coefficient (Wildman–Crippen LogP) is 2.77. The van der Waals surface area contributed by atoms with E-state index in [2.05, 4.69) is 23.3 Å². The first-order valence-corrected chi connectivity index (χ1v) is 5.66. The second-order valence-electron chi connectivity index (χ2n) is 3.73. The predicted molar refractivity (Wildman–Crippen MR) is 74.6 cm³/mol. The molecule has 1 heterocycles. The molecular formula is C13H13N3S. The van der Waals surface area contributed by atoms with E-state index in [4.69, 9.17) is 18.0 Å². The zero-order valence-electron chi connectivity index (χ0n) is 9.47. The molecule has 3 N–H and O–H groups in total. The summed E-state index contributed by atoms with van der Waals surface area (Å²) in [6.45, 7) is 2.05. The number of hydrogen-bond acceptors (Lipinski definition) is 3. The van der Waals surface area contributed by atoms with Crippen LogP contribution in [0.15, 0.2) is 42.6 Å². The van der Waals surface area contributed by atoms with Crippen LogP contribution in [0.1, 0.15) is 11.3 Å². The van der Waals surface area contributed by atoms with E-state index in [0.717, 1.165) is 11.4 Å². The van der Waals surface area contributed by atoms with E-state index in [-0.39, 0.29) is 0 Å². The third-order valence-corrected chi connectivity index (χ3v) is 2.65. The van der Waals surface area contributed by atoms with Gasteiger partial charge in [0.05, 0.1) is 5.69 Å². The number of nitrogens with zero attached hydrogens (tertiary/aromatic N) is 1. The number of thiocarbonyl (C=S) groups is 1. The molecule has 0 unspecified atom stereocenters. The second kappa shape index (κ2) is 4.93. The van der Waals surface area contributed by atoms with Crippen LogP contribution in [0.25, 0.3) is 0 Å². The van der Waals surface area contributed by atoms with E-state index in [1.807, 2.05) is 30.3 Å². The third kappa shape index (κ3) is 2.79. The second-order valence-corrected chi connectivity index (χ2v) is 4.17. The first-order valence-electron chi connectivity index (χ1n) is 5.25. The Morgan fingerprint density at radius 1 is 1.29 bits per heavy atom. The number of anilines is 2. The molecule has 0 aliphatic rings. The Bertz CT molecular complexity index is 552. The fourth-order valence-electron chi connectivity index (χ4n) is 1.51. The van der Waals surface area contributed by atoms with Crippen LogP contribution in [-0.4, -0.2) is 9.97 Å². The largest absolute Gasteiger partial charge is 0.388 e. The lowest BCUT2D eigenvalue weighted by Crippen LogP contribution is -2.11. The van der Waals surface area contributed by atoms with Gasteiger partial charge in [0.1, 0.15) is 4.99 Å². The van der Waals surface area contributed by atoms with E-state index in [1.54, 1.807) is 6.20 Å². The van der Waals surface area contributed by atoms with Gasteiger partial charge in [-0.15, -0.1) is 0 Å². The Kier molecular flexibility index (Phi) is 3.35. The summed E-state index contributed by atoms with van der Waals surface area (Å²) in [6, 6.07) is 11.8. The molecule has 0 radical (unpaired) electrons. The molecule has 0 amide bonds. The van der Waals surface area contributed by atoms with Gasteiger partial charge < -0.3 is 11.1 Å². The van der Waals surface area contributed by atoms with E-state index < -0.39 is 0 Å². The highest BCUT2D eigenvalue weighted by Crippen LogP contribution is 2.19. The van der Waals surface area contributed by atoms with Crippen LogP contribution >= 0.6 is 12.2 Å². The molecule has 1 aromatic heterocycles. The highest BCUT2D eigenvalue weighted by molar-refractivity contribution is 7.80. The van der Waals surface area contributed by atoms with E-state index in [0.29, 0.717) is 10.7 Å². The summed E-state index contributed by atoms with van der Waals surface area (Å²) < 4.78 is 0.